The van der Waals surface area contributed by atoms with Gasteiger partial charge in [-0.05, 0) is 43.4 Å². The lowest BCUT2D eigenvalue weighted by molar-refractivity contribution is 0.409. The van der Waals surface area contributed by atoms with E-state index in [4.69, 9.17) is 14.9 Å². The molecule has 2 N–H and O–H groups in total. The SMILES string of the molecule is CCc1ccc(OC)c(CCc2nc(N)oc2C)c1. The highest BCUT2D eigenvalue weighted by Gasteiger charge is 2.10. The van der Waals surface area contributed by atoms with E-state index in [0.29, 0.717) is 0 Å². The highest BCUT2D eigenvalue weighted by Crippen LogP contribution is 2.23. The molecule has 4 heteroatoms. The molecular formula is C15H20N2O2. The van der Waals surface area contributed by atoms with Crippen molar-refractivity contribution in [2.24, 2.45) is 0 Å². The van der Waals surface area contributed by atoms with Crippen LogP contribution in [0.5, 0.6) is 5.75 Å². The number of nitrogens with two attached hydrogens (primary N) is 1. The van der Waals surface area contributed by atoms with E-state index in [1.807, 2.05) is 13.0 Å². The Kier molecular flexibility index (Phi) is 4.10. The summed E-state index contributed by atoms with van der Waals surface area (Å²) < 4.78 is 10.6. The van der Waals surface area contributed by atoms with E-state index in [2.05, 4.69) is 24.0 Å². The molecule has 2 aromatic rings. The second kappa shape index (κ2) is 5.78. The molecule has 19 heavy (non-hydrogen) atoms. The lowest BCUT2D eigenvalue weighted by atomic mass is 10.0. The molecule has 1 heterocycles. The van der Waals surface area contributed by atoms with Gasteiger partial charge in [-0.25, -0.2) is 0 Å². The van der Waals surface area contributed by atoms with Gasteiger partial charge in [0.05, 0.1) is 12.8 Å². The average molecular weight is 260 g/mol. The fourth-order valence-electron chi connectivity index (χ4n) is 2.18. The molecule has 102 valence electrons. The van der Waals surface area contributed by atoms with E-state index in [1.165, 1.54) is 11.1 Å². The third-order valence-electron chi connectivity index (χ3n) is 3.29. The molecule has 0 spiro atoms. The molecule has 0 unspecified atom stereocenters. The van der Waals surface area contributed by atoms with Gasteiger partial charge < -0.3 is 14.9 Å². The second-order valence-corrected chi connectivity index (χ2v) is 4.55. The summed E-state index contributed by atoms with van der Waals surface area (Å²) >= 11 is 0. The molecule has 1 aromatic carbocycles. The monoisotopic (exact) mass is 260 g/mol. The molecule has 0 aliphatic heterocycles. The Labute approximate surface area is 113 Å². The van der Waals surface area contributed by atoms with Crippen LogP contribution in [0.3, 0.4) is 0 Å². The maximum absolute atomic E-state index is 5.55. The maximum atomic E-state index is 5.55. The van der Waals surface area contributed by atoms with Crippen LogP contribution in [-0.2, 0) is 19.3 Å². The number of anilines is 1. The highest BCUT2D eigenvalue weighted by molar-refractivity contribution is 5.38. The number of hydrogen-bond acceptors (Lipinski definition) is 4. The summed E-state index contributed by atoms with van der Waals surface area (Å²) in [4.78, 5) is 4.19. The predicted molar refractivity (Wildman–Crippen MR) is 75.4 cm³/mol. The largest absolute Gasteiger partial charge is 0.496 e. The van der Waals surface area contributed by atoms with E-state index >= 15 is 0 Å². The van der Waals surface area contributed by atoms with Crippen LogP contribution in [0.15, 0.2) is 22.6 Å². The summed E-state index contributed by atoms with van der Waals surface area (Å²) in [5.41, 5.74) is 8.97. The van der Waals surface area contributed by atoms with Gasteiger partial charge in [0.25, 0.3) is 6.01 Å². The van der Waals surface area contributed by atoms with Crippen molar-refractivity contribution in [2.45, 2.75) is 33.1 Å². The Balaban J connectivity index is 2.16. The highest BCUT2D eigenvalue weighted by atomic mass is 16.5. The van der Waals surface area contributed by atoms with Crippen LogP contribution < -0.4 is 10.5 Å². The molecule has 2 rings (SSSR count). The van der Waals surface area contributed by atoms with Crippen LogP contribution in [-0.4, -0.2) is 12.1 Å². The Morgan fingerprint density at radius 1 is 1.32 bits per heavy atom. The minimum atomic E-state index is 0.238. The summed E-state index contributed by atoms with van der Waals surface area (Å²) in [5.74, 6) is 1.72. The number of ether oxygens (including phenoxy) is 1. The summed E-state index contributed by atoms with van der Waals surface area (Å²) in [6, 6.07) is 6.55. The van der Waals surface area contributed by atoms with Crippen molar-refractivity contribution in [2.75, 3.05) is 12.8 Å². The topological polar surface area (TPSA) is 61.3 Å². The first kappa shape index (κ1) is 13.5. The zero-order valence-corrected chi connectivity index (χ0v) is 11.7. The molecule has 0 bridgehead atoms. The van der Waals surface area contributed by atoms with Gasteiger partial charge >= 0.3 is 0 Å². The van der Waals surface area contributed by atoms with Crippen LogP contribution >= 0.6 is 0 Å². The van der Waals surface area contributed by atoms with Gasteiger partial charge in [0.2, 0.25) is 0 Å². The van der Waals surface area contributed by atoms with Crippen LogP contribution in [0.4, 0.5) is 6.01 Å². The molecule has 0 saturated carbocycles. The lowest BCUT2D eigenvalue weighted by Crippen LogP contribution is -1.98. The number of methoxy groups -OCH3 is 1. The Bertz CT molecular complexity index is 561. The van der Waals surface area contributed by atoms with Gasteiger partial charge in [-0.15, -0.1) is 0 Å². The number of rotatable bonds is 5. The third-order valence-corrected chi connectivity index (χ3v) is 3.29. The van der Waals surface area contributed by atoms with Crippen molar-refractivity contribution in [3.05, 3.63) is 40.8 Å². The average Bonchev–Trinajstić information content (AvgIpc) is 2.74. The van der Waals surface area contributed by atoms with Crippen LogP contribution in [0.25, 0.3) is 0 Å². The van der Waals surface area contributed by atoms with Crippen LogP contribution in [0, 0.1) is 6.92 Å². The molecule has 0 fully saturated rings. The first-order chi connectivity index (χ1) is 9.13. The normalized spacial score (nSPS) is 10.7. The fourth-order valence-corrected chi connectivity index (χ4v) is 2.18. The lowest BCUT2D eigenvalue weighted by Gasteiger charge is -2.09. The second-order valence-electron chi connectivity index (χ2n) is 4.55. The van der Waals surface area contributed by atoms with Crippen molar-refractivity contribution in [3.8, 4) is 5.75 Å². The molecule has 0 atom stereocenters. The summed E-state index contributed by atoms with van der Waals surface area (Å²) in [7, 11) is 1.70. The minimum absolute atomic E-state index is 0.238. The van der Waals surface area contributed by atoms with E-state index in [-0.39, 0.29) is 6.01 Å². The fraction of sp³-hybridized carbons (Fsp3) is 0.400. The van der Waals surface area contributed by atoms with Gasteiger partial charge in [0.15, 0.2) is 0 Å². The van der Waals surface area contributed by atoms with Gasteiger partial charge in [-0.2, -0.15) is 4.98 Å². The summed E-state index contributed by atoms with van der Waals surface area (Å²) in [5, 5.41) is 0. The predicted octanol–water partition coefficient (Wildman–Crippen LogP) is 2.92. The van der Waals surface area contributed by atoms with E-state index in [1.54, 1.807) is 7.11 Å². The minimum Gasteiger partial charge on any atom is -0.496 e. The van der Waals surface area contributed by atoms with Gasteiger partial charge in [-0.1, -0.05) is 19.1 Å². The Morgan fingerprint density at radius 2 is 2.11 bits per heavy atom. The van der Waals surface area contributed by atoms with E-state index in [0.717, 1.165) is 36.5 Å². The molecule has 0 saturated heterocycles. The number of aryl methyl sites for hydroxylation is 4. The third kappa shape index (κ3) is 3.08. The first-order valence-electron chi connectivity index (χ1n) is 6.51. The summed E-state index contributed by atoms with van der Waals surface area (Å²) in [6.45, 7) is 4.03. The smallest absolute Gasteiger partial charge is 0.292 e. The zero-order valence-electron chi connectivity index (χ0n) is 11.7. The number of nitrogens with zero attached hydrogens (tertiary/aromatic N) is 1. The molecular weight excluding hydrogens is 240 g/mol. The maximum Gasteiger partial charge on any atom is 0.292 e. The first-order valence-corrected chi connectivity index (χ1v) is 6.51. The number of hydrogen-bond donors (Lipinski definition) is 1. The Morgan fingerprint density at radius 3 is 2.68 bits per heavy atom. The van der Waals surface area contributed by atoms with Crippen LogP contribution in [0.1, 0.15) is 29.5 Å². The molecule has 1 aromatic heterocycles. The molecule has 0 aliphatic rings. The van der Waals surface area contributed by atoms with Crippen molar-refractivity contribution in [1.29, 1.82) is 0 Å². The molecule has 0 aliphatic carbocycles. The number of oxazole rings is 1. The number of nitrogen functional groups attached to an aromatic ring is 1. The standard InChI is InChI=1S/C15H20N2O2/c1-4-11-5-8-14(18-3)12(9-11)6-7-13-10(2)19-15(16)17-13/h5,8-9H,4,6-7H2,1-3H3,(H2,16,17). The van der Waals surface area contributed by atoms with Crippen molar-refractivity contribution in [1.82, 2.24) is 4.98 Å². The molecule has 0 amide bonds. The van der Waals surface area contributed by atoms with Gasteiger partial charge in [0.1, 0.15) is 11.5 Å². The number of benzene rings is 1. The number of aromatic nitrogens is 1. The van der Waals surface area contributed by atoms with Gasteiger partial charge in [-0.3, -0.25) is 0 Å². The molecule has 0 radical (unpaired) electrons. The van der Waals surface area contributed by atoms with Crippen molar-refractivity contribution in [3.63, 3.8) is 0 Å². The van der Waals surface area contributed by atoms with E-state index < -0.39 is 0 Å². The summed E-state index contributed by atoms with van der Waals surface area (Å²) in [6.07, 6.45) is 2.69. The zero-order chi connectivity index (χ0) is 13.8. The quantitative estimate of drug-likeness (QED) is 0.898. The van der Waals surface area contributed by atoms with Crippen molar-refractivity contribution >= 4 is 6.01 Å². The molecule has 4 nitrogen and oxygen atoms in total. The van der Waals surface area contributed by atoms with Crippen LogP contribution in [0.2, 0.25) is 0 Å². The van der Waals surface area contributed by atoms with E-state index in [9.17, 15) is 0 Å². The van der Waals surface area contributed by atoms with Crippen molar-refractivity contribution < 1.29 is 9.15 Å². The van der Waals surface area contributed by atoms with Gasteiger partial charge in [0, 0.05) is 0 Å². The Hall–Kier alpha value is -1.97.